The van der Waals surface area contributed by atoms with Gasteiger partial charge in [0, 0.05) is 5.92 Å². The molecule has 136 valence electrons. The van der Waals surface area contributed by atoms with E-state index in [4.69, 9.17) is 11.2 Å². The van der Waals surface area contributed by atoms with E-state index in [2.05, 4.69) is 42.3 Å². The fourth-order valence-electron chi connectivity index (χ4n) is 3.28. The molecule has 0 aliphatic carbocycles. The predicted molar refractivity (Wildman–Crippen MR) is 109 cm³/mol. The lowest BCUT2D eigenvalue weighted by Gasteiger charge is -2.37. The van der Waals surface area contributed by atoms with E-state index in [1.165, 1.54) is 0 Å². The Hall–Kier alpha value is -2.86. The van der Waals surface area contributed by atoms with Crippen LogP contribution in [0.1, 0.15) is 23.6 Å². The molecule has 3 rings (SSSR count). The Kier molecular flexibility index (Phi) is 6.08. The zero-order valence-electron chi connectivity index (χ0n) is 15.5. The molecule has 2 heteroatoms. The van der Waals surface area contributed by atoms with Gasteiger partial charge in [-0.1, -0.05) is 104 Å². The van der Waals surface area contributed by atoms with Gasteiger partial charge < -0.3 is 9.84 Å². The predicted octanol–water partition coefficient (Wildman–Crippen LogP) is 4.63. The van der Waals surface area contributed by atoms with Crippen LogP contribution in [0.4, 0.5) is 0 Å². The number of hydrogen-bond donors (Lipinski definition) is 1. The van der Waals surface area contributed by atoms with Crippen molar-refractivity contribution >= 4 is 0 Å². The molecular formula is C25H24O2. The molecule has 2 atom stereocenters. The van der Waals surface area contributed by atoms with Gasteiger partial charge in [-0.05, 0) is 16.7 Å². The van der Waals surface area contributed by atoms with Crippen LogP contribution in [-0.4, -0.2) is 17.8 Å². The molecule has 0 unspecified atom stereocenters. The Morgan fingerprint density at radius 2 is 1.19 bits per heavy atom. The molecule has 0 radical (unpaired) electrons. The summed E-state index contributed by atoms with van der Waals surface area (Å²) in [5.74, 6) is 2.21. The largest absolute Gasteiger partial charge is 0.380 e. The summed E-state index contributed by atoms with van der Waals surface area (Å²) in [4.78, 5) is 0. The highest BCUT2D eigenvalue weighted by Gasteiger charge is 2.38. The Bertz CT molecular complexity index is 770. The number of hydrogen-bond acceptors (Lipinski definition) is 2. The number of aliphatic hydroxyl groups excluding tert-OH is 1. The van der Waals surface area contributed by atoms with Gasteiger partial charge in [-0.3, -0.25) is 0 Å². The summed E-state index contributed by atoms with van der Waals surface area (Å²) >= 11 is 0. The topological polar surface area (TPSA) is 29.5 Å². The molecule has 0 aliphatic rings. The number of benzene rings is 3. The highest BCUT2D eigenvalue weighted by molar-refractivity contribution is 5.47. The van der Waals surface area contributed by atoms with Crippen molar-refractivity contribution < 1.29 is 9.84 Å². The second-order valence-electron chi connectivity index (χ2n) is 6.68. The van der Waals surface area contributed by atoms with E-state index in [0.29, 0.717) is 6.61 Å². The van der Waals surface area contributed by atoms with Gasteiger partial charge in [0.15, 0.2) is 0 Å². The Morgan fingerprint density at radius 1 is 0.815 bits per heavy atom. The van der Waals surface area contributed by atoms with Crippen molar-refractivity contribution in [1.82, 2.24) is 0 Å². The fourth-order valence-corrected chi connectivity index (χ4v) is 3.28. The molecule has 1 N–H and O–H groups in total. The summed E-state index contributed by atoms with van der Waals surface area (Å²) in [6.45, 7) is 2.22. The van der Waals surface area contributed by atoms with E-state index in [1.807, 2.05) is 61.5 Å². The molecule has 0 saturated carbocycles. The van der Waals surface area contributed by atoms with Gasteiger partial charge in [0.2, 0.25) is 0 Å². The number of aliphatic hydroxyl groups is 1. The lowest BCUT2D eigenvalue weighted by atomic mass is 9.80. The van der Waals surface area contributed by atoms with Gasteiger partial charge in [0.05, 0.1) is 6.61 Å². The van der Waals surface area contributed by atoms with Crippen molar-refractivity contribution in [2.24, 2.45) is 5.92 Å². The second kappa shape index (κ2) is 8.68. The minimum absolute atomic E-state index is 0.189. The zero-order valence-corrected chi connectivity index (χ0v) is 15.5. The monoisotopic (exact) mass is 356 g/mol. The average molecular weight is 356 g/mol. The molecule has 3 aromatic rings. The van der Waals surface area contributed by atoms with Crippen LogP contribution in [0.5, 0.6) is 0 Å². The van der Waals surface area contributed by atoms with Crippen molar-refractivity contribution in [3.05, 3.63) is 108 Å². The molecule has 0 amide bonds. The molecule has 0 saturated heterocycles. The van der Waals surface area contributed by atoms with Crippen LogP contribution in [0, 0.1) is 18.3 Å². The minimum Gasteiger partial charge on any atom is -0.380 e. The third-order valence-corrected chi connectivity index (χ3v) is 4.81. The van der Waals surface area contributed by atoms with E-state index in [9.17, 15) is 5.11 Å². The second-order valence-corrected chi connectivity index (χ2v) is 6.68. The molecule has 0 aromatic heterocycles. The highest BCUT2D eigenvalue weighted by atomic mass is 16.5. The minimum atomic E-state index is -0.843. The molecule has 0 bridgehead atoms. The Morgan fingerprint density at radius 3 is 1.52 bits per heavy atom. The Labute approximate surface area is 161 Å². The molecule has 0 heterocycles. The normalized spacial score (nSPS) is 13.5. The van der Waals surface area contributed by atoms with Gasteiger partial charge in [-0.25, -0.2) is 0 Å². The van der Waals surface area contributed by atoms with Crippen molar-refractivity contribution in [3.8, 4) is 12.3 Å². The maximum absolute atomic E-state index is 10.0. The smallest absolute Gasteiger partial charge is 0.143 e. The van der Waals surface area contributed by atoms with Crippen LogP contribution in [0.15, 0.2) is 91.0 Å². The summed E-state index contributed by atoms with van der Waals surface area (Å²) in [6, 6.07) is 30.5. The SMILES string of the molecule is C#C[C@H](O)[C@@H](C)COC(c1ccccc1)(c1ccccc1)c1ccccc1. The van der Waals surface area contributed by atoms with Crippen LogP contribution in [0.25, 0.3) is 0 Å². The van der Waals surface area contributed by atoms with Gasteiger partial charge >= 0.3 is 0 Å². The third kappa shape index (κ3) is 3.95. The molecule has 0 spiro atoms. The first-order valence-electron chi connectivity index (χ1n) is 9.13. The zero-order chi connectivity index (χ0) is 19.1. The molecule has 2 nitrogen and oxygen atoms in total. The first kappa shape index (κ1) is 18.9. The first-order valence-corrected chi connectivity index (χ1v) is 9.13. The summed E-state index contributed by atoms with van der Waals surface area (Å²) in [6.07, 6.45) is 4.55. The van der Waals surface area contributed by atoms with E-state index in [0.717, 1.165) is 16.7 Å². The van der Waals surface area contributed by atoms with Crippen molar-refractivity contribution in [3.63, 3.8) is 0 Å². The van der Waals surface area contributed by atoms with Crippen LogP contribution in [0.3, 0.4) is 0 Å². The lowest BCUT2D eigenvalue weighted by Crippen LogP contribution is -2.36. The van der Waals surface area contributed by atoms with Crippen LogP contribution in [0.2, 0.25) is 0 Å². The van der Waals surface area contributed by atoms with Gasteiger partial charge in [0.1, 0.15) is 11.7 Å². The quantitative estimate of drug-likeness (QED) is 0.494. The van der Waals surface area contributed by atoms with E-state index in [1.54, 1.807) is 0 Å². The van der Waals surface area contributed by atoms with Crippen molar-refractivity contribution in [2.75, 3.05) is 6.61 Å². The third-order valence-electron chi connectivity index (χ3n) is 4.81. The number of terminal acetylenes is 1. The van der Waals surface area contributed by atoms with E-state index < -0.39 is 11.7 Å². The maximum Gasteiger partial charge on any atom is 0.143 e. The molecule has 0 aliphatic heterocycles. The van der Waals surface area contributed by atoms with Gasteiger partial charge in [0.25, 0.3) is 0 Å². The Balaban J connectivity index is 2.16. The van der Waals surface area contributed by atoms with Crippen molar-refractivity contribution in [2.45, 2.75) is 18.6 Å². The maximum atomic E-state index is 10.0. The lowest BCUT2D eigenvalue weighted by molar-refractivity contribution is -0.0232. The van der Waals surface area contributed by atoms with E-state index >= 15 is 0 Å². The summed E-state index contributed by atoms with van der Waals surface area (Å²) in [7, 11) is 0. The number of ether oxygens (including phenoxy) is 1. The molecular weight excluding hydrogens is 332 g/mol. The van der Waals surface area contributed by atoms with Gasteiger partial charge in [-0.2, -0.15) is 0 Å². The molecule has 27 heavy (non-hydrogen) atoms. The summed E-state index contributed by atoms with van der Waals surface area (Å²) in [5, 5.41) is 10.0. The highest BCUT2D eigenvalue weighted by Crippen LogP contribution is 2.40. The molecule has 3 aromatic carbocycles. The fraction of sp³-hybridized carbons (Fsp3) is 0.200. The van der Waals surface area contributed by atoms with Crippen LogP contribution >= 0.6 is 0 Å². The standard InChI is InChI=1S/C25H24O2/c1-3-24(26)20(2)19-27-25(21-13-7-4-8-14-21,22-15-9-5-10-16-22)23-17-11-6-12-18-23/h1,4-18,20,24,26H,19H2,2H3/t20-,24-/m0/s1. The van der Waals surface area contributed by atoms with Crippen LogP contribution < -0.4 is 0 Å². The average Bonchev–Trinajstić information content (AvgIpc) is 2.75. The summed E-state index contributed by atoms with van der Waals surface area (Å²) < 4.78 is 6.62. The van der Waals surface area contributed by atoms with Crippen molar-refractivity contribution in [1.29, 1.82) is 0 Å². The number of rotatable bonds is 7. The van der Waals surface area contributed by atoms with Gasteiger partial charge in [-0.15, -0.1) is 6.42 Å². The van der Waals surface area contributed by atoms with E-state index in [-0.39, 0.29) is 5.92 Å². The molecule has 0 fully saturated rings. The van der Waals surface area contributed by atoms with Crippen LogP contribution in [-0.2, 0) is 10.3 Å². The first-order chi connectivity index (χ1) is 13.2. The summed E-state index contributed by atoms with van der Waals surface area (Å²) in [5.41, 5.74) is 2.31.